The maximum absolute atomic E-state index is 11.8. The molecule has 0 fully saturated rings. The summed E-state index contributed by atoms with van der Waals surface area (Å²) < 4.78 is 21.8. The second kappa shape index (κ2) is 17.7. The SMILES string of the molecule is CCN(C)CCOCCOCCOCCOCCN(C)C(=O)CC(C)C. The minimum atomic E-state index is 0.165. The molecule has 0 spiro atoms. The van der Waals surface area contributed by atoms with Crippen LogP contribution in [0.5, 0.6) is 0 Å². The van der Waals surface area contributed by atoms with E-state index in [0.29, 0.717) is 65.1 Å². The van der Waals surface area contributed by atoms with Crippen molar-refractivity contribution in [2.24, 2.45) is 5.92 Å². The lowest BCUT2D eigenvalue weighted by atomic mass is 10.1. The zero-order valence-electron chi connectivity index (χ0n) is 17.5. The number of carbonyl (C=O) groups is 1. The Labute approximate surface area is 159 Å². The summed E-state index contributed by atoms with van der Waals surface area (Å²) in [6.07, 6.45) is 0.584. The summed E-state index contributed by atoms with van der Waals surface area (Å²) >= 11 is 0. The standard InChI is InChI=1S/C19H40N2O5/c1-6-20(4)7-9-23-11-13-25-15-16-26-14-12-24-10-8-21(5)19(22)17-18(2)3/h18H,6-17H2,1-5H3. The number of hydrogen-bond acceptors (Lipinski definition) is 6. The van der Waals surface area contributed by atoms with E-state index in [2.05, 4.69) is 18.9 Å². The number of amides is 1. The van der Waals surface area contributed by atoms with Crippen LogP contribution in [0.25, 0.3) is 0 Å². The lowest BCUT2D eigenvalue weighted by molar-refractivity contribution is -0.131. The molecule has 0 atom stereocenters. The van der Waals surface area contributed by atoms with Crippen LogP contribution in [0.15, 0.2) is 0 Å². The van der Waals surface area contributed by atoms with E-state index in [1.54, 1.807) is 4.90 Å². The first-order valence-corrected chi connectivity index (χ1v) is 9.70. The normalized spacial score (nSPS) is 11.5. The molecule has 0 saturated heterocycles. The van der Waals surface area contributed by atoms with Gasteiger partial charge in [-0.05, 0) is 19.5 Å². The van der Waals surface area contributed by atoms with E-state index in [1.807, 2.05) is 20.9 Å². The number of nitrogens with zero attached hydrogens (tertiary/aromatic N) is 2. The third-order valence-electron chi connectivity index (χ3n) is 3.85. The molecular weight excluding hydrogens is 336 g/mol. The van der Waals surface area contributed by atoms with Gasteiger partial charge >= 0.3 is 0 Å². The molecule has 26 heavy (non-hydrogen) atoms. The van der Waals surface area contributed by atoms with Gasteiger partial charge in [-0.15, -0.1) is 0 Å². The van der Waals surface area contributed by atoms with Gasteiger partial charge in [0.05, 0.1) is 52.9 Å². The van der Waals surface area contributed by atoms with Crippen LogP contribution in [0.1, 0.15) is 27.2 Å². The van der Waals surface area contributed by atoms with Crippen molar-refractivity contribution in [3.8, 4) is 0 Å². The number of hydrogen-bond donors (Lipinski definition) is 0. The van der Waals surface area contributed by atoms with Crippen molar-refractivity contribution >= 4 is 5.91 Å². The summed E-state index contributed by atoms with van der Waals surface area (Å²) in [5, 5.41) is 0. The average Bonchev–Trinajstić information content (AvgIpc) is 2.60. The summed E-state index contributed by atoms with van der Waals surface area (Å²) in [5.41, 5.74) is 0. The highest BCUT2D eigenvalue weighted by Gasteiger charge is 2.09. The van der Waals surface area contributed by atoms with Gasteiger partial charge in [0.25, 0.3) is 0 Å². The molecule has 0 N–H and O–H groups in total. The number of likely N-dealkylation sites (N-methyl/N-ethyl adjacent to an activating group) is 2. The summed E-state index contributed by atoms with van der Waals surface area (Å²) in [4.78, 5) is 15.7. The molecule has 0 aromatic rings. The molecule has 0 aliphatic rings. The van der Waals surface area contributed by atoms with Gasteiger partial charge in [0.1, 0.15) is 0 Å². The first kappa shape index (κ1) is 25.3. The van der Waals surface area contributed by atoms with Crippen molar-refractivity contribution in [1.29, 1.82) is 0 Å². The lowest BCUT2D eigenvalue weighted by Crippen LogP contribution is -2.31. The largest absolute Gasteiger partial charge is 0.378 e. The summed E-state index contributed by atoms with van der Waals surface area (Å²) in [6, 6.07) is 0. The average molecular weight is 377 g/mol. The van der Waals surface area contributed by atoms with Gasteiger partial charge in [-0.1, -0.05) is 20.8 Å². The Kier molecular flexibility index (Phi) is 17.2. The third kappa shape index (κ3) is 16.7. The minimum absolute atomic E-state index is 0.165. The third-order valence-corrected chi connectivity index (χ3v) is 3.85. The van der Waals surface area contributed by atoms with Gasteiger partial charge < -0.3 is 28.7 Å². The summed E-state index contributed by atoms with van der Waals surface area (Å²) in [5.74, 6) is 0.550. The second-order valence-electron chi connectivity index (χ2n) is 6.76. The van der Waals surface area contributed by atoms with Gasteiger partial charge in [-0.2, -0.15) is 0 Å². The Morgan fingerprint density at radius 3 is 1.62 bits per heavy atom. The van der Waals surface area contributed by atoms with Crippen LogP contribution >= 0.6 is 0 Å². The molecule has 0 saturated carbocycles. The molecule has 0 rings (SSSR count). The number of carbonyl (C=O) groups excluding carboxylic acids is 1. The van der Waals surface area contributed by atoms with E-state index in [-0.39, 0.29) is 5.91 Å². The topological polar surface area (TPSA) is 60.5 Å². The molecule has 0 bridgehead atoms. The fourth-order valence-corrected chi connectivity index (χ4v) is 1.97. The first-order valence-electron chi connectivity index (χ1n) is 9.70. The van der Waals surface area contributed by atoms with Crippen LogP contribution in [0.2, 0.25) is 0 Å². The lowest BCUT2D eigenvalue weighted by Gasteiger charge is -2.18. The molecule has 7 heteroatoms. The highest BCUT2D eigenvalue weighted by Crippen LogP contribution is 2.02. The zero-order valence-corrected chi connectivity index (χ0v) is 17.5. The van der Waals surface area contributed by atoms with E-state index in [0.717, 1.165) is 19.7 Å². The van der Waals surface area contributed by atoms with Crippen molar-refractivity contribution in [3.05, 3.63) is 0 Å². The Bertz CT molecular complexity index is 329. The number of rotatable bonds is 18. The van der Waals surface area contributed by atoms with Gasteiger partial charge in [-0.3, -0.25) is 4.79 Å². The molecule has 0 aromatic heterocycles. The summed E-state index contributed by atoms with van der Waals surface area (Å²) in [7, 11) is 3.89. The first-order chi connectivity index (χ1) is 12.5. The Hall–Kier alpha value is -0.730. The van der Waals surface area contributed by atoms with Crippen molar-refractivity contribution in [2.45, 2.75) is 27.2 Å². The smallest absolute Gasteiger partial charge is 0.222 e. The van der Waals surface area contributed by atoms with E-state index in [1.165, 1.54) is 0 Å². The molecule has 1 amide bonds. The maximum atomic E-state index is 11.8. The van der Waals surface area contributed by atoms with Gasteiger partial charge in [0.2, 0.25) is 5.91 Å². The van der Waals surface area contributed by atoms with E-state index in [4.69, 9.17) is 18.9 Å². The Morgan fingerprint density at radius 1 is 0.769 bits per heavy atom. The molecule has 0 aliphatic heterocycles. The molecule has 0 aromatic carbocycles. The quantitative estimate of drug-likeness (QED) is 0.338. The van der Waals surface area contributed by atoms with Crippen LogP contribution in [0, 0.1) is 5.92 Å². The van der Waals surface area contributed by atoms with Gasteiger partial charge in [-0.25, -0.2) is 0 Å². The van der Waals surface area contributed by atoms with Gasteiger partial charge in [0.15, 0.2) is 0 Å². The Balaban J connectivity index is 3.23. The fraction of sp³-hybridized carbons (Fsp3) is 0.947. The molecular formula is C19H40N2O5. The monoisotopic (exact) mass is 376 g/mol. The van der Waals surface area contributed by atoms with Crippen LogP contribution in [-0.2, 0) is 23.7 Å². The van der Waals surface area contributed by atoms with Crippen molar-refractivity contribution < 1.29 is 23.7 Å². The summed E-state index contributed by atoms with van der Waals surface area (Å²) in [6.45, 7) is 13.5. The molecule has 0 aliphatic carbocycles. The van der Waals surface area contributed by atoms with E-state index < -0.39 is 0 Å². The van der Waals surface area contributed by atoms with Gasteiger partial charge in [0, 0.05) is 26.6 Å². The maximum Gasteiger partial charge on any atom is 0.222 e. The highest BCUT2D eigenvalue weighted by atomic mass is 16.6. The molecule has 7 nitrogen and oxygen atoms in total. The van der Waals surface area contributed by atoms with E-state index >= 15 is 0 Å². The van der Waals surface area contributed by atoms with Crippen molar-refractivity contribution in [1.82, 2.24) is 9.80 Å². The van der Waals surface area contributed by atoms with Crippen LogP contribution in [-0.4, -0.2) is 102 Å². The van der Waals surface area contributed by atoms with Crippen LogP contribution in [0.3, 0.4) is 0 Å². The molecule has 0 heterocycles. The minimum Gasteiger partial charge on any atom is -0.378 e. The predicted octanol–water partition coefficient (Wildman–Crippen LogP) is 1.51. The van der Waals surface area contributed by atoms with Crippen molar-refractivity contribution in [3.63, 3.8) is 0 Å². The fourth-order valence-electron chi connectivity index (χ4n) is 1.97. The van der Waals surface area contributed by atoms with E-state index in [9.17, 15) is 4.79 Å². The molecule has 156 valence electrons. The van der Waals surface area contributed by atoms with Crippen LogP contribution < -0.4 is 0 Å². The highest BCUT2D eigenvalue weighted by molar-refractivity contribution is 5.76. The van der Waals surface area contributed by atoms with Crippen molar-refractivity contribution in [2.75, 3.05) is 86.6 Å². The Morgan fingerprint density at radius 2 is 1.19 bits per heavy atom. The molecule has 0 radical (unpaired) electrons. The second-order valence-corrected chi connectivity index (χ2v) is 6.76. The van der Waals surface area contributed by atoms with Crippen LogP contribution in [0.4, 0.5) is 0 Å². The number of ether oxygens (including phenoxy) is 4. The molecule has 0 unspecified atom stereocenters. The predicted molar refractivity (Wildman–Crippen MR) is 104 cm³/mol. The zero-order chi connectivity index (χ0) is 19.6.